The van der Waals surface area contributed by atoms with E-state index in [0.717, 1.165) is 0 Å². The first kappa shape index (κ1) is 9.45. The molecule has 2 aromatic heterocycles. The lowest BCUT2D eigenvalue weighted by atomic mass is 10.3. The van der Waals surface area contributed by atoms with E-state index < -0.39 is 0 Å². The van der Waals surface area contributed by atoms with Crippen molar-refractivity contribution in [2.24, 2.45) is 0 Å². The summed E-state index contributed by atoms with van der Waals surface area (Å²) in [6.45, 7) is 0. The van der Waals surface area contributed by atoms with Gasteiger partial charge in [0.2, 0.25) is 5.88 Å². The van der Waals surface area contributed by atoms with Crippen LogP contribution in [0.4, 0.5) is 0 Å². The molecule has 0 bridgehead atoms. The van der Waals surface area contributed by atoms with Gasteiger partial charge in [-0.2, -0.15) is 0 Å². The molecule has 0 amide bonds. The smallest absolute Gasteiger partial charge is 0.213 e. The lowest BCUT2D eigenvalue weighted by Gasteiger charge is -1.99. The van der Waals surface area contributed by atoms with E-state index in [4.69, 9.17) is 9.15 Å². The fourth-order valence-corrected chi connectivity index (χ4v) is 1.22. The Balaban J connectivity index is 2.39. The van der Waals surface area contributed by atoms with Gasteiger partial charge in [0.25, 0.3) is 0 Å². The molecule has 0 radical (unpaired) electrons. The quantitative estimate of drug-likeness (QED) is 0.717. The Bertz CT molecular complexity index is 476. The summed E-state index contributed by atoms with van der Waals surface area (Å²) >= 11 is 0. The van der Waals surface area contributed by atoms with Gasteiger partial charge in [0.05, 0.1) is 7.11 Å². The summed E-state index contributed by atoms with van der Waals surface area (Å²) in [7, 11) is 1.55. The maximum atomic E-state index is 10.4. The Hall–Kier alpha value is -2.10. The zero-order chi connectivity index (χ0) is 10.7. The molecule has 15 heavy (non-hydrogen) atoms. The summed E-state index contributed by atoms with van der Waals surface area (Å²) in [4.78, 5) is 14.6. The number of carbonyl (C=O) groups excluding carboxylic acids is 1. The number of hydrogen-bond donors (Lipinski definition) is 0. The van der Waals surface area contributed by atoms with Crippen LogP contribution in [-0.2, 0) is 0 Å². The maximum Gasteiger partial charge on any atom is 0.213 e. The number of ether oxygens (including phenoxy) is 1. The predicted octanol–water partition coefficient (Wildman–Crippen LogP) is 2.16. The van der Waals surface area contributed by atoms with Gasteiger partial charge >= 0.3 is 0 Å². The molecule has 2 heterocycles. The molecule has 0 spiro atoms. The fourth-order valence-electron chi connectivity index (χ4n) is 1.22. The average molecular weight is 203 g/mol. The zero-order valence-corrected chi connectivity index (χ0v) is 8.14. The molecule has 4 heteroatoms. The highest BCUT2D eigenvalue weighted by Gasteiger charge is 2.06. The van der Waals surface area contributed by atoms with Gasteiger partial charge in [0, 0.05) is 6.07 Å². The van der Waals surface area contributed by atoms with Crippen LogP contribution in [0.15, 0.2) is 34.7 Å². The Labute approximate surface area is 86.5 Å². The van der Waals surface area contributed by atoms with Crippen molar-refractivity contribution in [3.63, 3.8) is 0 Å². The summed E-state index contributed by atoms with van der Waals surface area (Å²) < 4.78 is 10.2. The third kappa shape index (κ3) is 1.88. The minimum Gasteiger partial charge on any atom is -0.481 e. The topological polar surface area (TPSA) is 52.3 Å². The van der Waals surface area contributed by atoms with Crippen LogP contribution in [0, 0.1) is 0 Å². The van der Waals surface area contributed by atoms with Crippen molar-refractivity contribution in [1.29, 1.82) is 0 Å². The number of hydrogen-bond acceptors (Lipinski definition) is 4. The van der Waals surface area contributed by atoms with Crippen LogP contribution in [-0.4, -0.2) is 18.4 Å². The van der Waals surface area contributed by atoms with Crippen molar-refractivity contribution >= 4 is 6.29 Å². The molecule has 0 unspecified atom stereocenters. The van der Waals surface area contributed by atoms with Crippen LogP contribution in [0.1, 0.15) is 10.6 Å². The van der Waals surface area contributed by atoms with E-state index in [-0.39, 0.29) is 5.76 Å². The van der Waals surface area contributed by atoms with Gasteiger partial charge in [-0.25, -0.2) is 4.98 Å². The molecular weight excluding hydrogens is 194 g/mol. The Morgan fingerprint density at radius 3 is 2.87 bits per heavy atom. The highest BCUT2D eigenvalue weighted by molar-refractivity contribution is 5.72. The van der Waals surface area contributed by atoms with Gasteiger partial charge in [0.1, 0.15) is 5.69 Å². The maximum absolute atomic E-state index is 10.4. The van der Waals surface area contributed by atoms with Gasteiger partial charge in [-0.1, -0.05) is 6.07 Å². The van der Waals surface area contributed by atoms with Crippen LogP contribution < -0.4 is 4.74 Å². The predicted molar refractivity (Wildman–Crippen MR) is 53.9 cm³/mol. The van der Waals surface area contributed by atoms with Crippen LogP contribution >= 0.6 is 0 Å². The summed E-state index contributed by atoms with van der Waals surface area (Å²) in [5, 5.41) is 0. The number of pyridine rings is 1. The molecule has 0 aliphatic carbocycles. The largest absolute Gasteiger partial charge is 0.481 e. The molecule has 0 aromatic carbocycles. The van der Waals surface area contributed by atoms with Gasteiger partial charge in [-0.3, -0.25) is 4.79 Å². The number of furan rings is 1. The average Bonchev–Trinajstić information content (AvgIpc) is 2.78. The van der Waals surface area contributed by atoms with Crippen LogP contribution in [0.5, 0.6) is 5.88 Å². The van der Waals surface area contributed by atoms with Gasteiger partial charge in [-0.05, 0) is 18.2 Å². The van der Waals surface area contributed by atoms with Crippen LogP contribution in [0.3, 0.4) is 0 Å². The summed E-state index contributed by atoms with van der Waals surface area (Å²) in [6, 6.07) is 8.64. The minimum absolute atomic E-state index is 0.287. The number of aldehydes is 1. The van der Waals surface area contributed by atoms with E-state index in [9.17, 15) is 4.79 Å². The SMILES string of the molecule is COc1cccc(-c2ccc(C=O)o2)n1. The van der Waals surface area contributed by atoms with E-state index in [2.05, 4.69) is 4.98 Å². The molecule has 0 N–H and O–H groups in total. The number of carbonyl (C=O) groups is 1. The molecule has 0 atom stereocenters. The van der Waals surface area contributed by atoms with Crippen LogP contribution in [0.25, 0.3) is 11.5 Å². The molecule has 2 aromatic rings. The first-order chi connectivity index (χ1) is 7.33. The molecule has 76 valence electrons. The molecule has 4 nitrogen and oxygen atoms in total. The second-order valence-electron chi connectivity index (χ2n) is 2.89. The van der Waals surface area contributed by atoms with Crippen LogP contribution in [0.2, 0.25) is 0 Å². The summed E-state index contributed by atoms with van der Waals surface area (Å²) in [6.07, 6.45) is 0.656. The van der Waals surface area contributed by atoms with Crippen molar-refractivity contribution in [3.05, 3.63) is 36.1 Å². The molecule has 0 saturated carbocycles. The van der Waals surface area contributed by atoms with Crippen molar-refractivity contribution in [2.75, 3.05) is 7.11 Å². The van der Waals surface area contributed by atoms with Gasteiger partial charge < -0.3 is 9.15 Å². The van der Waals surface area contributed by atoms with E-state index >= 15 is 0 Å². The van der Waals surface area contributed by atoms with E-state index in [0.29, 0.717) is 23.6 Å². The van der Waals surface area contributed by atoms with Crippen molar-refractivity contribution in [1.82, 2.24) is 4.98 Å². The molecule has 0 saturated heterocycles. The highest BCUT2D eigenvalue weighted by Crippen LogP contribution is 2.21. The van der Waals surface area contributed by atoms with E-state index in [1.807, 2.05) is 6.07 Å². The Morgan fingerprint density at radius 2 is 2.20 bits per heavy atom. The second kappa shape index (κ2) is 3.96. The lowest BCUT2D eigenvalue weighted by Crippen LogP contribution is -1.88. The first-order valence-electron chi connectivity index (χ1n) is 4.40. The third-order valence-corrected chi connectivity index (χ3v) is 1.93. The van der Waals surface area contributed by atoms with Crippen molar-refractivity contribution in [3.8, 4) is 17.3 Å². The van der Waals surface area contributed by atoms with Gasteiger partial charge in [-0.15, -0.1) is 0 Å². The fraction of sp³-hybridized carbons (Fsp3) is 0.0909. The number of methoxy groups -OCH3 is 1. The highest BCUT2D eigenvalue weighted by atomic mass is 16.5. The molecule has 0 aliphatic heterocycles. The van der Waals surface area contributed by atoms with Gasteiger partial charge in [0.15, 0.2) is 17.8 Å². The van der Waals surface area contributed by atoms with Crippen molar-refractivity contribution in [2.45, 2.75) is 0 Å². The van der Waals surface area contributed by atoms with Crippen molar-refractivity contribution < 1.29 is 13.9 Å². The van der Waals surface area contributed by atoms with E-state index in [1.54, 1.807) is 31.4 Å². The molecule has 0 aliphatic rings. The number of aromatic nitrogens is 1. The number of rotatable bonds is 3. The lowest BCUT2D eigenvalue weighted by molar-refractivity contribution is 0.110. The summed E-state index contributed by atoms with van der Waals surface area (Å²) in [5.41, 5.74) is 0.641. The number of nitrogens with zero attached hydrogens (tertiary/aromatic N) is 1. The second-order valence-corrected chi connectivity index (χ2v) is 2.89. The summed E-state index contributed by atoms with van der Waals surface area (Å²) in [5.74, 6) is 1.35. The molecule has 2 rings (SSSR count). The standard InChI is InChI=1S/C11H9NO3/c1-14-11-4-2-3-9(12-11)10-6-5-8(7-13)15-10/h2-7H,1H3. The first-order valence-corrected chi connectivity index (χ1v) is 4.40. The normalized spacial score (nSPS) is 9.93. The Morgan fingerprint density at radius 1 is 1.33 bits per heavy atom. The zero-order valence-electron chi connectivity index (χ0n) is 8.14. The molecule has 0 fully saturated rings. The Kier molecular flexibility index (Phi) is 2.49. The van der Waals surface area contributed by atoms with E-state index in [1.165, 1.54) is 0 Å². The third-order valence-electron chi connectivity index (χ3n) is 1.93. The minimum atomic E-state index is 0.287. The monoisotopic (exact) mass is 203 g/mol. The molecular formula is C11H9NO3.